The van der Waals surface area contributed by atoms with Crippen molar-refractivity contribution in [2.24, 2.45) is 0 Å². The largest absolute Gasteiger partial charge is 0.480 e. The van der Waals surface area contributed by atoms with Gasteiger partial charge in [-0.1, -0.05) is 0 Å². The van der Waals surface area contributed by atoms with E-state index in [-0.39, 0.29) is 18.6 Å². The monoisotopic (exact) mass is 271 g/mol. The number of nitrogens with zero attached hydrogens (tertiary/aromatic N) is 3. The summed E-state index contributed by atoms with van der Waals surface area (Å²) in [6.07, 6.45) is 0. The van der Waals surface area contributed by atoms with Crippen LogP contribution in [0.15, 0.2) is 0 Å². The van der Waals surface area contributed by atoms with Gasteiger partial charge < -0.3 is 19.8 Å². The maximum Gasteiger partial charge on any atom is 0.323 e. The molecule has 1 N–H and O–H groups in total. The summed E-state index contributed by atoms with van der Waals surface area (Å²) in [6, 6.07) is -0.0830. The van der Waals surface area contributed by atoms with Crippen molar-refractivity contribution in [3.8, 4) is 0 Å². The van der Waals surface area contributed by atoms with Crippen LogP contribution in [-0.2, 0) is 4.79 Å². The fourth-order valence-electron chi connectivity index (χ4n) is 2.31. The Bertz CT molecular complexity index is 352. The zero-order chi connectivity index (χ0) is 14.8. The van der Waals surface area contributed by atoms with E-state index in [0.717, 1.165) is 13.1 Å². The van der Waals surface area contributed by atoms with E-state index in [4.69, 9.17) is 5.11 Å². The Morgan fingerprint density at radius 2 is 1.89 bits per heavy atom. The molecule has 1 aliphatic rings. The van der Waals surface area contributed by atoms with Crippen molar-refractivity contribution in [3.63, 3.8) is 0 Å². The lowest BCUT2D eigenvalue weighted by atomic mass is 10.1. The van der Waals surface area contributed by atoms with E-state index in [1.165, 1.54) is 4.90 Å². The Balaban J connectivity index is 2.84. The average Bonchev–Trinajstić information content (AvgIpc) is 2.23. The summed E-state index contributed by atoms with van der Waals surface area (Å²) in [5, 5.41) is 8.98. The minimum atomic E-state index is -0.981. The second-order valence-electron chi connectivity index (χ2n) is 6.24. The third-order valence-corrected chi connectivity index (χ3v) is 3.41. The van der Waals surface area contributed by atoms with E-state index < -0.39 is 11.5 Å². The fourth-order valence-corrected chi connectivity index (χ4v) is 2.31. The van der Waals surface area contributed by atoms with Crippen LogP contribution >= 0.6 is 0 Å². The van der Waals surface area contributed by atoms with E-state index in [2.05, 4.69) is 4.90 Å². The van der Waals surface area contributed by atoms with Gasteiger partial charge in [-0.2, -0.15) is 0 Å². The van der Waals surface area contributed by atoms with Crippen molar-refractivity contribution in [2.45, 2.75) is 39.3 Å². The van der Waals surface area contributed by atoms with Crippen molar-refractivity contribution in [2.75, 3.05) is 33.2 Å². The van der Waals surface area contributed by atoms with Crippen molar-refractivity contribution in [1.82, 2.24) is 14.7 Å². The maximum absolute atomic E-state index is 12.6. The van der Waals surface area contributed by atoms with E-state index in [1.54, 1.807) is 4.90 Å². The van der Waals surface area contributed by atoms with Crippen LogP contribution < -0.4 is 0 Å². The highest BCUT2D eigenvalue weighted by Crippen LogP contribution is 2.18. The van der Waals surface area contributed by atoms with Gasteiger partial charge in [0, 0.05) is 31.2 Å². The predicted octanol–water partition coefficient (Wildman–Crippen LogP) is 0.927. The molecule has 1 rings (SSSR count). The number of aliphatic carboxylic acids is 1. The molecule has 6 nitrogen and oxygen atoms in total. The first-order chi connectivity index (χ1) is 8.62. The van der Waals surface area contributed by atoms with Crippen LogP contribution in [0.3, 0.4) is 0 Å². The van der Waals surface area contributed by atoms with E-state index in [9.17, 15) is 9.59 Å². The molecule has 2 amide bonds. The summed E-state index contributed by atoms with van der Waals surface area (Å²) < 4.78 is 0. The second-order valence-corrected chi connectivity index (χ2v) is 6.24. The highest BCUT2D eigenvalue weighted by Gasteiger charge is 2.35. The number of likely N-dealkylation sites (N-methyl/N-ethyl adjacent to an activating group) is 1. The van der Waals surface area contributed by atoms with Gasteiger partial charge >= 0.3 is 12.0 Å². The summed E-state index contributed by atoms with van der Waals surface area (Å²) >= 11 is 0. The first-order valence-corrected chi connectivity index (χ1v) is 6.61. The van der Waals surface area contributed by atoms with E-state index >= 15 is 0 Å². The number of carboxylic acids is 1. The molecule has 0 aromatic heterocycles. The van der Waals surface area contributed by atoms with E-state index in [1.807, 2.05) is 34.7 Å². The SMILES string of the molecule is CC1CN(C)CCN1C(=O)N(CC(=O)O)C(C)(C)C. The lowest BCUT2D eigenvalue weighted by molar-refractivity contribution is -0.138. The molecule has 1 saturated heterocycles. The quantitative estimate of drug-likeness (QED) is 0.811. The van der Waals surface area contributed by atoms with Crippen LogP contribution in [0.5, 0.6) is 0 Å². The van der Waals surface area contributed by atoms with E-state index in [0.29, 0.717) is 6.54 Å². The molecule has 0 aromatic rings. The molecule has 110 valence electrons. The van der Waals surface area contributed by atoms with Gasteiger partial charge in [-0.05, 0) is 34.7 Å². The highest BCUT2D eigenvalue weighted by molar-refractivity contribution is 5.81. The topological polar surface area (TPSA) is 64.1 Å². The Hall–Kier alpha value is -1.30. The molecule has 1 heterocycles. The lowest BCUT2D eigenvalue weighted by Crippen LogP contribution is -2.60. The third-order valence-electron chi connectivity index (χ3n) is 3.41. The first-order valence-electron chi connectivity index (χ1n) is 6.61. The summed E-state index contributed by atoms with van der Waals surface area (Å²) in [5.41, 5.74) is -0.501. The molecule has 6 heteroatoms. The molecule has 0 radical (unpaired) electrons. The van der Waals surface area contributed by atoms with Crippen molar-refractivity contribution in [3.05, 3.63) is 0 Å². The van der Waals surface area contributed by atoms with Gasteiger partial charge in [0.05, 0.1) is 0 Å². The molecule has 1 unspecified atom stereocenters. The van der Waals surface area contributed by atoms with Crippen LogP contribution in [0, 0.1) is 0 Å². The van der Waals surface area contributed by atoms with Gasteiger partial charge in [-0.25, -0.2) is 4.79 Å². The molecule has 0 aromatic carbocycles. The van der Waals surface area contributed by atoms with Gasteiger partial charge in [0.1, 0.15) is 6.54 Å². The van der Waals surface area contributed by atoms with Crippen molar-refractivity contribution >= 4 is 12.0 Å². The molecular weight excluding hydrogens is 246 g/mol. The molecule has 0 spiro atoms. The minimum Gasteiger partial charge on any atom is -0.480 e. The lowest BCUT2D eigenvalue weighted by Gasteiger charge is -2.44. The number of amides is 2. The Morgan fingerprint density at radius 3 is 2.32 bits per heavy atom. The Kier molecular flexibility index (Phi) is 4.79. The number of carbonyl (C=O) groups excluding carboxylic acids is 1. The van der Waals surface area contributed by atoms with Crippen molar-refractivity contribution < 1.29 is 14.7 Å². The van der Waals surface area contributed by atoms with Gasteiger partial charge in [0.2, 0.25) is 0 Å². The van der Waals surface area contributed by atoms with Crippen LogP contribution in [-0.4, -0.2) is 76.6 Å². The van der Waals surface area contributed by atoms with Gasteiger partial charge in [0.15, 0.2) is 0 Å². The molecule has 1 fully saturated rings. The van der Waals surface area contributed by atoms with Crippen LogP contribution in [0.4, 0.5) is 4.79 Å². The molecule has 0 saturated carbocycles. The maximum atomic E-state index is 12.6. The number of urea groups is 1. The van der Waals surface area contributed by atoms with Crippen LogP contribution in [0.2, 0.25) is 0 Å². The van der Waals surface area contributed by atoms with Gasteiger partial charge in [-0.15, -0.1) is 0 Å². The highest BCUT2D eigenvalue weighted by atomic mass is 16.4. The summed E-state index contributed by atoms with van der Waals surface area (Å²) in [7, 11) is 2.02. The van der Waals surface area contributed by atoms with Gasteiger partial charge in [0.25, 0.3) is 0 Å². The summed E-state index contributed by atoms with van der Waals surface area (Å²) in [6.45, 7) is 9.58. The number of carboxylic acid groups (broad SMARTS) is 1. The number of hydrogen-bond acceptors (Lipinski definition) is 3. The normalized spacial score (nSPS) is 21.3. The smallest absolute Gasteiger partial charge is 0.323 e. The summed E-state index contributed by atoms with van der Waals surface area (Å²) in [4.78, 5) is 28.9. The minimum absolute atomic E-state index is 0.102. The number of hydrogen-bond donors (Lipinski definition) is 1. The molecule has 19 heavy (non-hydrogen) atoms. The van der Waals surface area contributed by atoms with Crippen molar-refractivity contribution in [1.29, 1.82) is 0 Å². The third kappa shape index (κ3) is 4.09. The number of rotatable bonds is 2. The summed E-state index contributed by atoms with van der Waals surface area (Å²) in [5.74, 6) is -0.981. The molecule has 0 aliphatic carbocycles. The number of piperazine rings is 1. The number of carbonyl (C=O) groups is 2. The Labute approximate surface area is 115 Å². The predicted molar refractivity (Wildman–Crippen MR) is 73.2 cm³/mol. The first kappa shape index (κ1) is 15.8. The molecule has 1 atom stereocenters. The van der Waals surface area contributed by atoms with Crippen LogP contribution in [0.1, 0.15) is 27.7 Å². The average molecular weight is 271 g/mol. The van der Waals surface area contributed by atoms with Gasteiger partial charge in [-0.3, -0.25) is 4.79 Å². The standard InChI is InChI=1S/C13H25N3O3/c1-10-8-14(5)6-7-15(10)12(19)16(9-11(17)18)13(2,3)4/h10H,6-9H2,1-5H3,(H,17,18). The zero-order valence-corrected chi connectivity index (χ0v) is 12.5. The second kappa shape index (κ2) is 5.77. The fraction of sp³-hybridized carbons (Fsp3) is 0.846. The molecule has 1 aliphatic heterocycles. The van der Waals surface area contributed by atoms with Crippen LogP contribution in [0.25, 0.3) is 0 Å². The zero-order valence-electron chi connectivity index (χ0n) is 12.5. The molecule has 0 bridgehead atoms. The Morgan fingerprint density at radius 1 is 1.32 bits per heavy atom. The molecular formula is C13H25N3O3.